The Kier molecular flexibility index (Phi) is 4.17. The number of para-hydroxylation sites is 1. The standard InChI is InChI=1S/C16H18FNO/c1-11-7-8-13(9-12(2)18)10-16(11)19-15-6-4-3-5-14(15)17/h3-8,10,12H,9,18H2,1-2H3. The lowest BCUT2D eigenvalue weighted by molar-refractivity contribution is 0.439. The molecule has 0 fully saturated rings. The van der Waals surface area contributed by atoms with Crippen LogP contribution in [0.1, 0.15) is 18.1 Å². The third-order valence-corrected chi connectivity index (χ3v) is 2.87. The summed E-state index contributed by atoms with van der Waals surface area (Å²) in [7, 11) is 0. The van der Waals surface area contributed by atoms with Gasteiger partial charge in [-0.2, -0.15) is 0 Å². The Morgan fingerprint density at radius 2 is 1.89 bits per heavy atom. The van der Waals surface area contributed by atoms with Crippen LogP contribution in [0.15, 0.2) is 42.5 Å². The molecule has 0 aromatic heterocycles. The zero-order chi connectivity index (χ0) is 13.8. The molecule has 2 aromatic carbocycles. The lowest BCUT2D eigenvalue weighted by Gasteiger charge is -2.12. The topological polar surface area (TPSA) is 35.2 Å². The van der Waals surface area contributed by atoms with Crippen LogP contribution < -0.4 is 10.5 Å². The number of hydrogen-bond donors (Lipinski definition) is 1. The van der Waals surface area contributed by atoms with Crippen molar-refractivity contribution in [2.75, 3.05) is 0 Å². The molecular formula is C16H18FNO. The first-order chi connectivity index (χ1) is 9.06. The van der Waals surface area contributed by atoms with Gasteiger partial charge in [-0.15, -0.1) is 0 Å². The van der Waals surface area contributed by atoms with Gasteiger partial charge in [-0.05, 0) is 49.6 Å². The van der Waals surface area contributed by atoms with Crippen LogP contribution in [0.5, 0.6) is 11.5 Å². The summed E-state index contributed by atoms with van der Waals surface area (Å²) in [6.07, 6.45) is 0.772. The minimum absolute atomic E-state index is 0.0871. The van der Waals surface area contributed by atoms with Crippen LogP contribution >= 0.6 is 0 Å². The van der Waals surface area contributed by atoms with Gasteiger partial charge in [0.1, 0.15) is 5.75 Å². The van der Waals surface area contributed by atoms with Crippen LogP contribution in [-0.2, 0) is 6.42 Å². The SMILES string of the molecule is Cc1ccc(CC(C)N)cc1Oc1ccccc1F. The molecule has 0 radical (unpaired) electrons. The Balaban J connectivity index is 2.26. The van der Waals surface area contributed by atoms with Crippen molar-refractivity contribution in [1.82, 2.24) is 0 Å². The normalized spacial score (nSPS) is 12.2. The van der Waals surface area contributed by atoms with Crippen molar-refractivity contribution in [2.24, 2.45) is 5.73 Å². The molecule has 0 spiro atoms. The molecule has 3 heteroatoms. The maximum absolute atomic E-state index is 13.6. The fourth-order valence-electron chi connectivity index (χ4n) is 1.90. The van der Waals surface area contributed by atoms with Crippen molar-refractivity contribution in [3.8, 4) is 11.5 Å². The number of nitrogens with two attached hydrogens (primary N) is 1. The van der Waals surface area contributed by atoms with Crippen LogP contribution in [-0.4, -0.2) is 6.04 Å². The van der Waals surface area contributed by atoms with E-state index in [9.17, 15) is 4.39 Å². The highest BCUT2D eigenvalue weighted by Gasteiger charge is 2.07. The molecule has 0 saturated heterocycles. The van der Waals surface area contributed by atoms with E-state index >= 15 is 0 Å². The summed E-state index contributed by atoms with van der Waals surface area (Å²) in [5, 5.41) is 0. The van der Waals surface area contributed by atoms with Gasteiger partial charge in [0.15, 0.2) is 11.6 Å². The molecule has 0 aliphatic rings. The highest BCUT2D eigenvalue weighted by molar-refractivity contribution is 5.40. The predicted molar refractivity (Wildman–Crippen MR) is 75.0 cm³/mol. The van der Waals surface area contributed by atoms with E-state index in [2.05, 4.69) is 0 Å². The lowest BCUT2D eigenvalue weighted by Crippen LogP contribution is -2.17. The number of rotatable bonds is 4. The number of aryl methyl sites for hydroxylation is 1. The number of halogens is 1. The molecule has 19 heavy (non-hydrogen) atoms. The quantitative estimate of drug-likeness (QED) is 0.906. The molecule has 0 amide bonds. The van der Waals surface area contributed by atoms with E-state index in [-0.39, 0.29) is 17.6 Å². The lowest BCUT2D eigenvalue weighted by atomic mass is 10.1. The molecule has 0 saturated carbocycles. The van der Waals surface area contributed by atoms with E-state index in [1.54, 1.807) is 18.2 Å². The molecule has 2 aromatic rings. The predicted octanol–water partition coefficient (Wildman–Crippen LogP) is 3.82. The van der Waals surface area contributed by atoms with E-state index in [0.29, 0.717) is 5.75 Å². The first-order valence-electron chi connectivity index (χ1n) is 6.34. The molecule has 100 valence electrons. The van der Waals surface area contributed by atoms with Crippen molar-refractivity contribution < 1.29 is 9.13 Å². The smallest absolute Gasteiger partial charge is 0.165 e. The molecule has 2 rings (SSSR count). The molecule has 0 aliphatic carbocycles. The molecular weight excluding hydrogens is 241 g/mol. The molecule has 0 bridgehead atoms. The molecule has 0 aliphatic heterocycles. The minimum atomic E-state index is -0.362. The first-order valence-corrected chi connectivity index (χ1v) is 6.34. The van der Waals surface area contributed by atoms with Crippen LogP contribution in [0.3, 0.4) is 0 Å². The molecule has 2 nitrogen and oxygen atoms in total. The van der Waals surface area contributed by atoms with Gasteiger partial charge >= 0.3 is 0 Å². The fraction of sp³-hybridized carbons (Fsp3) is 0.250. The molecule has 1 atom stereocenters. The van der Waals surface area contributed by atoms with Gasteiger partial charge < -0.3 is 10.5 Å². The van der Waals surface area contributed by atoms with Crippen molar-refractivity contribution in [2.45, 2.75) is 26.3 Å². The van der Waals surface area contributed by atoms with E-state index in [1.165, 1.54) is 6.07 Å². The third kappa shape index (κ3) is 3.55. The van der Waals surface area contributed by atoms with Crippen molar-refractivity contribution in [3.05, 3.63) is 59.4 Å². The monoisotopic (exact) mass is 259 g/mol. The van der Waals surface area contributed by atoms with E-state index in [1.807, 2.05) is 32.0 Å². The maximum Gasteiger partial charge on any atom is 0.165 e. The van der Waals surface area contributed by atoms with E-state index in [0.717, 1.165) is 17.5 Å². The zero-order valence-corrected chi connectivity index (χ0v) is 11.2. The highest BCUT2D eigenvalue weighted by atomic mass is 19.1. The molecule has 0 heterocycles. The molecule has 1 unspecified atom stereocenters. The van der Waals surface area contributed by atoms with Crippen molar-refractivity contribution >= 4 is 0 Å². The average Bonchev–Trinajstić information content (AvgIpc) is 2.35. The van der Waals surface area contributed by atoms with Gasteiger partial charge in [0, 0.05) is 6.04 Å². The summed E-state index contributed by atoms with van der Waals surface area (Å²) in [4.78, 5) is 0. The van der Waals surface area contributed by atoms with Gasteiger partial charge in [-0.25, -0.2) is 4.39 Å². The summed E-state index contributed by atoms with van der Waals surface area (Å²) in [5.74, 6) is 0.547. The summed E-state index contributed by atoms with van der Waals surface area (Å²) >= 11 is 0. The fourth-order valence-corrected chi connectivity index (χ4v) is 1.90. The number of benzene rings is 2. The Morgan fingerprint density at radius 1 is 1.16 bits per heavy atom. The van der Waals surface area contributed by atoms with E-state index < -0.39 is 0 Å². The number of ether oxygens (including phenoxy) is 1. The largest absolute Gasteiger partial charge is 0.454 e. The zero-order valence-electron chi connectivity index (χ0n) is 11.2. The van der Waals surface area contributed by atoms with Gasteiger partial charge in [0.25, 0.3) is 0 Å². The van der Waals surface area contributed by atoms with Crippen LogP contribution in [0, 0.1) is 12.7 Å². The van der Waals surface area contributed by atoms with Gasteiger partial charge in [0.05, 0.1) is 0 Å². The number of hydrogen-bond acceptors (Lipinski definition) is 2. The summed E-state index contributed by atoms with van der Waals surface area (Å²) in [5.41, 5.74) is 7.85. The summed E-state index contributed by atoms with van der Waals surface area (Å²) in [6.45, 7) is 3.89. The second-order valence-corrected chi connectivity index (χ2v) is 4.81. The van der Waals surface area contributed by atoms with Crippen LogP contribution in [0.4, 0.5) is 4.39 Å². The van der Waals surface area contributed by atoms with Gasteiger partial charge in [-0.1, -0.05) is 24.3 Å². The Morgan fingerprint density at radius 3 is 2.58 bits per heavy atom. The Labute approximate surface area is 113 Å². The Hall–Kier alpha value is -1.87. The first kappa shape index (κ1) is 13.6. The van der Waals surface area contributed by atoms with Crippen LogP contribution in [0.25, 0.3) is 0 Å². The maximum atomic E-state index is 13.6. The van der Waals surface area contributed by atoms with Crippen LogP contribution in [0.2, 0.25) is 0 Å². The van der Waals surface area contributed by atoms with Crippen molar-refractivity contribution in [3.63, 3.8) is 0 Å². The van der Waals surface area contributed by atoms with E-state index in [4.69, 9.17) is 10.5 Å². The Bertz CT molecular complexity index is 566. The second kappa shape index (κ2) is 5.85. The summed E-state index contributed by atoms with van der Waals surface area (Å²) in [6, 6.07) is 12.4. The minimum Gasteiger partial charge on any atom is -0.454 e. The average molecular weight is 259 g/mol. The van der Waals surface area contributed by atoms with Crippen molar-refractivity contribution in [1.29, 1.82) is 0 Å². The third-order valence-electron chi connectivity index (χ3n) is 2.87. The highest BCUT2D eigenvalue weighted by Crippen LogP contribution is 2.28. The summed E-state index contributed by atoms with van der Waals surface area (Å²) < 4.78 is 19.2. The van der Waals surface area contributed by atoms with Gasteiger partial charge in [-0.3, -0.25) is 0 Å². The molecule has 2 N–H and O–H groups in total. The van der Waals surface area contributed by atoms with Gasteiger partial charge in [0.2, 0.25) is 0 Å². The second-order valence-electron chi connectivity index (χ2n) is 4.81.